The van der Waals surface area contributed by atoms with Gasteiger partial charge in [0.2, 0.25) is 5.91 Å². The van der Waals surface area contributed by atoms with E-state index in [0.29, 0.717) is 31.4 Å². The van der Waals surface area contributed by atoms with Crippen molar-refractivity contribution in [3.8, 4) is 6.07 Å². The van der Waals surface area contributed by atoms with Gasteiger partial charge in [0.1, 0.15) is 18.2 Å². The molecule has 0 aromatic heterocycles. The van der Waals surface area contributed by atoms with Crippen molar-refractivity contribution in [2.45, 2.75) is 50.9 Å². The number of hydrogen-bond donors (Lipinski definition) is 3. The summed E-state index contributed by atoms with van der Waals surface area (Å²) >= 11 is 0. The van der Waals surface area contributed by atoms with Crippen LogP contribution >= 0.6 is 0 Å². The third kappa shape index (κ3) is 8.00. The van der Waals surface area contributed by atoms with Crippen molar-refractivity contribution in [3.63, 3.8) is 0 Å². The Morgan fingerprint density at radius 2 is 2.12 bits per heavy atom. The summed E-state index contributed by atoms with van der Waals surface area (Å²) < 4.78 is 11.2. The Bertz CT molecular complexity index is 1200. The van der Waals surface area contributed by atoms with Crippen molar-refractivity contribution in [3.05, 3.63) is 59.8 Å². The van der Waals surface area contributed by atoms with Crippen molar-refractivity contribution >= 4 is 11.7 Å². The Morgan fingerprint density at radius 3 is 2.74 bits per heavy atom. The molecule has 0 bridgehead atoms. The summed E-state index contributed by atoms with van der Waals surface area (Å²) in [6, 6.07) is 2.79. The van der Waals surface area contributed by atoms with E-state index in [9.17, 15) is 10.1 Å². The molecule has 0 spiro atoms. The molecule has 5 rings (SSSR count). The highest BCUT2D eigenvalue weighted by atomic mass is 16.5. The maximum atomic E-state index is 12.3. The Morgan fingerprint density at radius 1 is 1.28 bits per heavy atom. The fourth-order valence-electron chi connectivity index (χ4n) is 5.96. The van der Waals surface area contributed by atoms with Crippen LogP contribution in [0.25, 0.3) is 0 Å². The molecule has 0 unspecified atom stereocenters. The van der Waals surface area contributed by atoms with E-state index in [-0.39, 0.29) is 24.5 Å². The van der Waals surface area contributed by atoms with Gasteiger partial charge in [0, 0.05) is 68.9 Å². The normalized spacial score (nSPS) is 23.6. The lowest BCUT2D eigenvalue weighted by molar-refractivity contribution is -0.117. The molecule has 2 fully saturated rings. The first-order valence-electron chi connectivity index (χ1n) is 15.6. The van der Waals surface area contributed by atoms with Gasteiger partial charge in [-0.15, -0.1) is 6.58 Å². The Kier molecular flexibility index (Phi) is 10.8. The molecule has 2 saturated heterocycles. The summed E-state index contributed by atoms with van der Waals surface area (Å²) in [7, 11) is 2.05. The number of piperazine rings is 1. The molecule has 0 aromatic rings. The van der Waals surface area contributed by atoms with Gasteiger partial charge in [0.15, 0.2) is 6.29 Å². The molecule has 5 aliphatic rings. The highest BCUT2D eigenvalue weighted by Gasteiger charge is 2.33. The zero-order chi connectivity index (χ0) is 30.0. The predicted octanol–water partition coefficient (Wildman–Crippen LogP) is 2.17. The topological polar surface area (TPSA) is 117 Å². The number of carbonyl (C=O) groups excluding carboxylic acids is 1. The minimum atomic E-state index is -0.0937. The minimum absolute atomic E-state index is 0.0165. The molecule has 11 nitrogen and oxygen atoms in total. The fraction of sp³-hybridized carbons (Fsp3) is 0.594. The average Bonchev–Trinajstić information content (AvgIpc) is 3.02. The summed E-state index contributed by atoms with van der Waals surface area (Å²) in [6.07, 6.45) is 14.6. The van der Waals surface area contributed by atoms with Crippen molar-refractivity contribution in [2.75, 3.05) is 66.1 Å². The SMILES string of the molecule is C=C[C@@H](C/C=C(\CC#N)OCCNC(=O)C1=CNCCC1)C1=N[C@@H](NC2=CC=C(N3CCN(C4COC4)CC3)CC2)N1C. The van der Waals surface area contributed by atoms with E-state index in [0.717, 1.165) is 83.0 Å². The molecule has 4 heterocycles. The summed E-state index contributed by atoms with van der Waals surface area (Å²) in [5.74, 6) is 1.51. The predicted molar refractivity (Wildman–Crippen MR) is 166 cm³/mol. The van der Waals surface area contributed by atoms with Crippen LogP contribution in [0, 0.1) is 17.2 Å². The molecule has 2 atom stereocenters. The van der Waals surface area contributed by atoms with E-state index in [1.807, 2.05) is 19.2 Å². The molecule has 1 aliphatic carbocycles. The molecule has 1 amide bonds. The molecule has 0 aromatic carbocycles. The largest absolute Gasteiger partial charge is 0.495 e. The lowest BCUT2D eigenvalue weighted by Gasteiger charge is -2.44. The number of nitrogens with zero attached hydrogens (tertiary/aromatic N) is 5. The number of amidine groups is 1. The molecular weight excluding hydrogens is 544 g/mol. The number of rotatable bonds is 14. The van der Waals surface area contributed by atoms with Crippen LogP contribution in [0.5, 0.6) is 0 Å². The van der Waals surface area contributed by atoms with Gasteiger partial charge in [-0.2, -0.15) is 5.26 Å². The van der Waals surface area contributed by atoms with E-state index in [4.69, 9.17) is 14.5 Å². The number of allylic oxidation sites excluding steroid dienone is 6. The van der Waals surface area contributed by atoms with Crippen LogP contribution in [-0.4, -0.2) is 105 Å². The van der Waals surface area contributed by atoms with Crippen LogP contribution in [0.3, 0.4) is 0 Å². The zero-order valence-electron chi connectivity index (χ0n) is 25.4. The second-order valence-electron chi connectivity index (χ2n) is 11.6. The molecule has 232 valence electrons. The smallest absolute Gasteiger partial charge is 0.248 e. The standard InChI is InChI=1S/C32H46N8O3/c1-3-24(6-11-29(12-13-33)43-20-15-35-31(41)25-5-4-14-34-21-25)30-37-32(38(30)2)36-26-7-9-27(10-8-26)39-16-18-40(19-17-39)28-22-42-23-28/h3,7,9,11,21,24,28,32,34,36H,1,4-6,8,10,12,14-20,22-23H2,2H3,(H,35,41)/b29-11+/t24-,32+/m0/s1. The summed E-state index contributed by atoms with van der Waals surface area (Å²) in [6.45, 7) is 11.8. The van der Waals surface area contributed by atoms with Gasteiger partial charge in [-0.1, -0.05) is 6.08 Å². The number of amides is 1. The van der Waals surface area contributed by atoms with E-state index >= 15 is 0 Å². The number of ether oxygens (including phenoxy) is 2. The van der Waals surface area contributed by atoms with Crippen LogP contribution in [0.4, 0.5) is 0 Å². The number of nitrogens with one attached hydrogen (secondary N) is 3. The molecular formula is C32H46N8O3. The lowest BCUT2D eigenvalue weighted by atomic mass is 10.0. The first-order valence-corrected chi connectivity index (χ1v) is 15.6. The van der Waals surface area contributed by atoms with Crippen molar-refractivity contribution < 1.29 is 14.3 Å². The molecule has 4 aliphatic heterocycles. The van der Waals surface area contributed by atoms with Gasteiger partial charge >= 0.3 is 0 Å². The van der Waals surface area contributed by atoms with Crippen LogP contribution in [0.2, 0.25) is 0 Å². The van der Waals surface area contributed by atoms with Crippen molar-refractivity contribution in [2.24, 2.45) is 10.9 Å². The number of nitriles is 1. The van der Waals surface area contributed by atoms with Crippen molar-refractivity contribution in [1.29, 1.82) is 5.26 Å². The van der Waals surface area contributed by atoms with E-state index < -0.39 is 0 Å². The van der Waals surface area contributed by atoms with E-state index in [2.05, 4.69) is 55.5 Å². The minimum Gasteiger partial charge on any atom is -0.495 e. The highest BCUT2D eigenvalue weighted by Crippen LogP contribution is 2.26. The highest BCUT2D eigenvalue weighted by molar-refractivity contribution is 5.93. The van der Waals surface area contributed by atoms with Crippen LogP contribution < -0.4 is 16.0 Å². The van der Waals surface area contributed by atoms with E-state index in [1.54, 1.807) is 6.20 Å². The first kappa shape index (κ1) is 30.7. The summed E-state index contributed by atoms with van der Waals surface area (Å²) in [5.41, 5.74) is 3.39. The van der Waals surface area contributed by atoms with Gasteiger partial charge in [-0.25, -0.2) is 4.99 Å². The molecule has 43 heavy (non-hydrogen) atoms. The maximum absolute atomic E-state index is 12.3. The second-order valence-corrected chi connectivity index (χ2v) is 11.6. The molecule has 3 N–H and O–H groups in total. The van der Waals surface area contributed by atoms with Gasteiger partial charge in [0.05, 0.1) is 38.3 Å². The second kappa shape index (κ2) is 15.1. The fourth-order valence-corrected chi connectivity index (χ4v) is 5.96. The first-order chi connectivity index (χ1) is 21.1. The summed E-state index contributed by atoms with van der Waals surface area (Å²) in [4.78, 5) is 24.4. The molecule has 0 saturated carbocycles. The lowest BCUT2D eigenvalue weighted by Crippen LogP contribution is -2.56. The number of hydrogen-bond acceptors (Lipinski definition) is 10. The maximum Gasteiger partial charge on any atom is 0.248 e. The molecule has 0 radical (unpaired) electrons. The Hall–Kier alpha value is -3.75. The number of aliphatic imine (C=N–C) groups is 1. The monoisotopic (exact) mass is 590 g/mol. The molecule has 11 heteroatoms. The quantitative estimate of drug-likeness (QED) is 0.159. The van der Waals surface area contributed by atoms with Crippen LogP contribution in [-0.2, 0) is 14.3 Å². The summed E-state index contributed by atoms with van der Waals surface area (Å²) in [5, 5.41) is 18.8. The van der Waals surface area contributed by atoms with Gasteiger partial charge in [-0.05, 0) is 50.3 Å². The van der Waals surface area contributed by atoms with Gasteiger partial charge in [0.25, 0.3) is 0 Å². The zero-order valence-corrected chi connectivity index (χ0v) is 25.4. The van der Waals surface area contributed by atoms with E-state index in [1.165, 1.54) is 11.4 Å². The van der Waals surface area contributed by atoms with Crippen LogP contribution in [0.15, 0.2) is 64.8 Å². The van der Waals surface area contributed by atoms with Gasteiger partial charge < -0.3 is 35.2 Å². The Labute approximate surface area is 255 Å². The van der Waals surface area contributed by atoms with Crippen molar-refractivity contribution in [1.82, 2.24) is 30.7 Å². The Balaban J connectivity index is 1.06. The average molecular weight is 591 g/mol. The third-order valence-corrected chi connectivity index (χ3v) is 8.76. The van der Waals surface area contributed by atoms with Gasteiger partial charge in [-0.3, -0.25) is 9.69 Å². The van der Waals surface area contributed by atoms with Crippen LogP contribution in [0.1, 0.15) is 38.5 Å². The third-order valence-electron chi connectivity index (χ3n) is 8.76. The number of carbonyl (C=O) groups is 1.